The molecule has 6 heteroatoms. The first kappa shape index (κ1) is 23.3. The second-order valence-corrected chi connectivity index (χ2v) is 10.1. The Hall–Kier alpha value is -2.34. The highest BCUT2D eigenvalue weighted by Crippen LogP contribution is 2.45. The zero-order valence-electron chi connectivity index (χ0n) is 19.0. The predicted molar refractivity (Wildman–Crippen MR) is 127 cm³/mol. The van der Waals surface area contributed by atoms with Crippen LogP contribution >= 0.6 is 11.3 Å². The van der Waals surface area contributed by atoms with Gasteiger partial charge >= 0.3 is 0 Å². The lowest BCUT2D eigenvalue weighted by molar-refractivity contribution is 0.0999. The van der Waals surface area contributed by atoms with Gasteiger partial charge in [-0.2, -0.15) is 0 Å². The normalized spacial score (nSPS) is 15.9. The minimum absolute atomic E-state index is 0.244. The van der Waals surface area contributed by atoms with E-state index < -0.39 is 5.91 Å². The highest BCUT2D eigenvalue weighted by molar-refractivity contribution is 7.17. The van der Waals surface area contributed by atoms with Gasteiger partial charge in [0.2, 0.25) is 0 Å². The van der Waals surface area contributed by atoms with Crippen LogP contribution in [0.3, 0.4) is 0 Å². The molecule has 3 N–H and O–H groups in total. The van der Waals surface area contributed by atoms with Crippen molar-refractivity contribution in [2.24, 2.45) is 17.1 Å². The third-order valence-corrected chi connectivity index (χ3v) is 7.81. The summed E-state index contributed by atoms with van der Waals surface area (Å²) < 4.78 is 5.66. The maximum atomic E-state index is 12.8. The summed E-state index contributed by atoms with van der Waals surface area (Å²) in [5, 5.41) is 3.51. The van der Waals surface area contributed by atoms with Crippen LogP contribution in [0.2, 0.25) is 0 Å². The monoisotopic (exact) mass is 442 g/mol. The number of nitrogens with two attached hydrogens (primary N) is 1. The smallest absolute Gasteiger partial charge is 0.256 e. The van der Waals surface area contributed by atoms with Gasteiger partial charge in [0.15, 0.2) is 0 Å². The summed E-state index contributed by atoms with van der Waals surface area (Å²) in [6, 6.07) is 7.09. The van der Waals surface area contributed by atoms with E-state index in [9.17, 15) is 9.59 Å². The molecule has 1 atom stereocenters. The van der Waals surface area contributed by atoms with Crippen molar-refractivity contribution in [3.63, 3.8) is 0 Å². The maximum Gasteiger partial charge on any atom is 0.256 e. The second-order valence-electron chi connectivity index (χ2n) is 9.03. The van der Waals surface area contributed by atoms with Crippen LogP contribution in [0.5, 0.6) is 5.75 Å². The van der Waals surface area contributed by atoms with Gasteiger partial charge in [-0.15, -0.1) is 11.3 Å². The van der Waals surface area contributed by atoms with E-state index in [2.05, 4.69) is 33.0 Å². The molecule has 3 rings (SSSR count). The van der Waals surface area contributed by atoms with Crippen LogP contribution in [0, 0.1) is 11.3 Å². The van der Waals surface area contributed by atoms with Crippen molar-refractivity contribution in [3.05, 3.63) is 45.8 Å². The lowest BCUT2D eigenvalue weighted by Gasteiger charge is -2.36. The largest absolute Gasteiger partial charge is 0.494 e. The van der Waals surface area contributed by atoms with Gasteiger partial charge in [-0.3, -0.25) is 9.59 Å². The summed E-state index contributed by atoms with van der Waals surface area (Å²) in [6.45, 7) is 9.63. The number of ether oxygens (including phenoxy) is 1. The predicted octanol–water partition coefficient (Wildman–Crippen LogP) is 5.82. The molecule has 0 spiro atoms. The Morgan fingerprint density at radius 1 is 1.23 bits per heavy atom. The topological polar surface area (TPSA) is 81.4 Å². The third kappa shape index (κ3) is 5.29. The number of anilines is 1. The zero-order valence-corrected chi connectivity index (χ0v) is 19.9. The number of benzene rings is 1. The van der Waals surface area contributed by atoms with E-state index in [1.807, 2.05) is 0 Å². The van der Waals surface area contributed by atoms with Crippen molar-refractivity contribution in [2.45, 2.75) is 66.2 Å². The van der Waals surface area contributed by atoms with Gasteiger partial charge in [0, 0.05) is 10.4 Å². The number of amides is 2. The lowest BCUT2D eigenvalue weighted by Crippen LogP contribution is -2.29. The number of rotatable bonds is 9. The summed E-state index contributed by atoms with van der Waals surface area (Å²) in [7, 11) is 0. The molecule has 1 aromatic heterocycles. The molecule has 1 heterocycles. The molecule has 0 aliphatic heterocycles. The molecule has 0 saturated carbocycles. The summed E-state index contributed by atoms with van der Waals surface area (Å²) in [5.41, 5.74) is 8.00. The fourth-order valence-electron chi connectivity index (χ4n) is 4.10. The van der Waals surface area contributed by atoms with Crippen molar-refractivity contribution in [1.82, 2.24) is 0 Å². The van der Waals surface area contributed by atoms with E-state index in [1.54, 1.807) is 24.3 Å². The van der Waals surface area contributed by atoms with Crippen LogP contribution in [-0.4, -0.2) is 18.4 Å². The number of thiophene rings is 1. The zero-order chi connectivity index (χ0) is 22.6. The quantitative estimate of drug-likeness (QED) is 0.480. The molecule has 2 amide bonds. The van der Waals surface area contributed by atoms with Crippen LogP contribution < -0.4 is 15.8 Å². The molecule has 1 aliphatic carbocycles. The van der Waals surface area contributed by atoms with E-state index in [4.69, 9.17) is 10.5 Å². The molecule has 2 aromatic rings. The van der Waals surface area contributed by atoms with E-state index in [0.717, 1.165) is 49.8 Å². The van der Waals surface area contributed by atoms with Gasteiger partial charge in [-0.1, -0.05) is 40.5 Å². The number of primary amides is 1. The fourth-order valence-corrected chi connectivity index (χ4v) is 5.43. The Bertz CT molecular complexity index is 931. The van der Waals surface area contributed by atoms with Crippen molar-refractivity contribution in [3.8, 4) is 5.75 Å². The number of fused-ring (bicyclic) bond motifs is 1. The second kappa shape index (κ2) is 9.86. The van der Waals surface area contributed by atoms with Crippen molar-refractivity contribution in [2.75, 3.05) is 11.9 Å². The Kier molecular flexibility index (Phi) is 7.42. The molecular weight excluding hydrogens is 408 g/mol. The summed E-state index contributed by atoms with van der Waals surface area (Å²) in [4.78, 5) is 26.3. The first-order valence-corrected chi connectivity index (χ1v) is 12.1. The number of carbonyl (C=O) groups is 2. The minimum atomic E-state index is -0.472. The third-order valence-electron chi connectivity index (χ3n) is 6.64. The Labute approximate surface area is 189 Å². The lowest BCUT2D eigenvalue weighted by atomic mass is 9.69. The fraction of sp³-hybridized carbons (Fsp3) is 0.520. The summed E-state index contributed by atoms with van der Waals surface area (Å²) >= 11 is 1.50. The standard InChI is InChI=1S/C25H34N2O3S/c1-5-7-14-30-18-11-8-16(9-12-18)23(29)27-24-21(22(26)28)19-13-10-17(15-20(19)31-24)25(3,4)6-2/h8-9,11-12,17H,5-7,10,13-15H2,1-4H3,(H2,26,28)(H,27,29)/t17-/m0/s1. The SMILES string of the molecule is CCCCOc1ccc(C(=O)Nc2sc3c(c2C(N)=O)CC[C@H](C(C)(C)CC)C3)cc1. The highest BCUT2D eigenvalue weighted by atomic mass is 32.1. The van der Waals surface area contributed by atoms with Gasteiger partial charge in [0.05, 0.1) is 12.2 Å². The van der Waals surface area contributed by atoms with Crippen LogP contribution in [0.1, 0.15) is 84.5 Å². The van der Waals surface area contributed by atoms with Gasteiger partial charge in [-0.05, 0) is 66.8 Å². The number of hydrogen-bond donors (Lipinski definition) is 2. The highest BCUT2D eigenvalue weighted by Gasteiger charge is 2.35. The van der Waals surface area contributed by atoms with Gasteiger partial charge in [-0.25, -0.2) is 0 Å². The number of nitrogens with one attached hydrogen (secondary N) is 1. The van der Waals surface area contributed by atoms with Crippen molar-refractivity contribution >= 4 is 28.2 Å². The maximum absolute atomic E-state index is 12.8. The van der Waals surface area contributed by atoms with E-state index in [0.29, 0.717) is 28.7 Å². The van der Waals surface area contributed by atoms with E-state index in [-0.39, 0.29) is 11.3 Å². The van der Waals surface area contributed by atoms with Gasteiger partial charge < -0.3 is 15.8 Å². The first-order chi connectivity index (χ1) is 14.8. The molecule has 0 bridgehead atoms. The molecule has 0 saturated heterocycles. The molecule has 0 radical (unpaired) electrons. The van der Waals surface area contributed by atoms with Crippen molar-refractivity contribution in [1.29, 1.82) is 0 Å². The number of hydrogen-bond acceptors (Lipinski definition) is 4. The molecule has 5 nitrogen and oxygen atoms in total. The van der Waals surface area contributed by atoms with Gasteiger partial charge in [0.25, 0.3) is 11.8 Å². The first-order valence-electron chi connectivity index (χ1n) is 11.2. The Morgan fingerprint density at radius 2 is 1.94 bits per heavy atom. The average molecular weight is 443 g/mol. The van der Waals surface area contributed by atoms with Crippen LogP contribution in [0.15, 0.2) is 24.3 Å². The molecule has 0 fully saturated rings. The molecule has 0 unspecified atom stereocenters. The molecule has 1 aromatic carbocycles. The Balaban J connectivity index is 1.77. The molecular formula is C25H34N2O3S. The van der Waals surface area contributed by atoms with Crippen molar-refractivity contribution < 1.29 is 14.3 Å². The molecule has 1 aliphatic rings. The molecule has 168 valence electrons. The summed E-state index contributed by atoms with van der Waals surface area (Å²) in [5.74, 6) is 0.597. The van der Waals surface area contributed by atoms with Gasteiger partial charge in [0.1, 0.15) is 10.8 Å². The van der Waals surface area contributed by atoms with E-state index >= 15 is 0 Å². The molecule has 31 heavy (non-hydrogen) atoms. The van der Waals surface area contributed by atoms with Crippen LogP contribution in [-0.2, 0) is 12.8 Å². The van der Waals surface area contributed by atoms with Crippen LogP contribution in [0.4, 0.5) is 5.00 Å². The van der Waals surface area contributed by atoms with Crippen LogP contribution in [0.25, 0.3) is 0 Å². The minimum Gasteiger partial charge on any atom is -0.494 e. The number of unbranched alkanes of at least 4 members (excludes halogenated alkanes) is 1. The summed E-state index contributed by atoms with van der Waals surface area (Å²) in [6.07, 6.45) is 5.99. The van der Waals surface area contributed by atoms with E-state index in [1.165, 1.54) is 16.2 Å². The average Bonchev–Trinajstić information content (AvgIpc) is 3.11. The number of carbonyl (C=O) groups excluding carboxylic acids is 2. The Morgan fingerprint density at radius 3 is 2.55 bits per heavy atom.